The molecule has 1 aliphatic heterocycles. The average molecular weight is 164 g/mol. The van der Waals surface area contributed by atoms with Crippen LogP contribution in [-0.2, 0) is 9.53 Å². The Morgan fingerprint density at radius 2 is 2.25 bits per heavy atom. The Balaban J connectivity index is 2.02. The molecule has 1 saturated carbocycles. The Kier molecular flexibility index (Phi) is 1.04. The maximum Gasteiger partial charge on any atom is 0.168 e. The first-order chi connectivity index (χ1) is 5.79. The number of Topliss-reactive ketones (excluding diaryl/α,β-unsaturated/α-hetero) is 1. The van der Waals surface area contributed by atoms with Gasteiger partial charge in [-0.25, -0.2) is 0 Å². The van der Waals surface area contributed by atoms with Crippen LogP contribution < -0.4 is 0 Å². The first-order valence-electron chi connectivity index (χ1n) is 4.68. The lowest BCUT2D eigenvalue weighted by Gasteiger charge is -2.04. The fraction of sp³-hybridized carbons (Fsp3) is 0.700. The molecule has 0 spiro atoms. The van der Waals surface area contributed by atoms with Gasteiger partial charge in [0.25, 0.3) is 0 Å². The number of hydrogen-bond donors (Lipinski definition) is 0. The number of allylic oxidation sites excluding steroid dienone is 1. The normalized spacial score (nSPS) is 49.8. The van der Waals surface area contributed by atoms with Crippen molar-refractivity contribution < 1.29 is 9.53 Å². The zero-order valence-electron chi connectivity index (χ0n) is 7.01. The molecule has 2 heteroatoms. The van der Waals surface area contributed by atoms with Gasteiger partial charge in [-0.15, -0.1) is 0 Å². The highest BCUT2D eigenvalue weighted by Crippen LogP contribution is 2.62. The summed E-state index contributed by atoms with van der Waals surface area (Å²) in [5.74, 6) is 0.342. The first kappa shape index (κ1) is 6.84. The molecule has 3 rings (SSSR count). The lowest BCUT2D eigenvalue weighted by Crippen LogP contribution is -2.24. The van der Waals surface area contributed by atoms with Crippen LogP contribution in [0.5, 0.6) is 0 Å². The van der Waals surface area contributed by atoms with Crippen LogP contribution in [0.3, 0.4) is 0 Å². The molecule has 2 atom stereocenters. The van der Waals surface area contributed by atoms with Crippen molar-refractivity contribution in [1.29, 1.82) is 0 Å². The number of ether oxygens (including phenoxy) is 1. The number of ketones is 1. The summed E-state index contributed by atoms with van der Waals surface area (Å²) in [5, 5.41) is 0. The fourth-order valence-electron chi connectivity index (χ4n) is 2.79. The van der Waals surface area contributed by atoms with E-state index in [1.807, 2.05) is 0 Å². The highest BCUT2D eigenvalue weighted by molar-refractivity contribution is 5.95. The summed E-state index contributed by atoms with van der Waals surface area (Å²) in [6, 6.07) is 0. The van der Waals surface area contributed by atoms with E-state index in [1.165, 1.54) is 0 Å². The van der Waals surface area contributed by atoms with E-state index in [-0.39, 0.29) is 11.2 Å². The Morgan fingerprint density at radius 1 is 1.33 bits per heavy atom. The largest absolute Gasteiger partial charge is 0.354 e. The van der Waals surface area contributed by atoms with Crippen molar-refractivity contribution >= 4 is 5.78 Å². The smallest absolute Gasteiger partial charge is 0.168 e. The lowest BCUT2D eigenvalue weighted by atomic mass is 9.91. The molecule has 1 saturated heterocycles. The van der Waals surface area contributed by atoms with Gasteiger partial charge >= 0.3 is 0 Å². The van der Waals surface area contributed by atoms with Gasteiger partial charge in [0.05, 0.1) is 0 Å². The molecule has 0 amide bonds. The van der Waals surface area contributed by atoms with Crippen molar-refractivity contribution in [3.63, 3.8) is 0 Å². The summed E-state index contributed by atoms with van der Waals surface area (Å²) in [4.78, 5) is 11.6. The first-order valence-corrected chi connectivity index (χ1v) is 4.68. The van der Waals surface area contributed by atoms with Crippen molar-refractivity contribution in [1.82, 2.24) is 0 Å². The Hall–Kier alpha value is -0.630. The molecule has 0 radical (unpaired) electrons. The zero-order chi connectivity index (χ0) is 8.23. The lowest BCUT2D eigenvalue weighted by molar-refractivity contribution is -0.123. The maximum atomic E-state index is 11.6. The highest BCUT2D eigenvalue weighted by atomic mass is 16.6. The molecule has 0 aromatic rings. The molecule has 0 bridgehead atoms. The SMILES string of the molecule is O=C1CCC23CCC=CCC12O3. The molecule has 2 nitrogen and oxygen atoms in total. The summed E-state index contributed by atoms with van der Waals surface area (Å²) in [7, 11) is 0. The van der Waals surface area contributed by atoms with Crippen LogP contribution in [0, 0.1) is 0 Å². The van der Waals surface area contributed by atoms with Gasteiger partial charge in [0.15, 0.2) is 11.4 Å². The van der Waals surface area contributed by atoms with E-state index in [9.17, 15) is 4.79 Å². The number of carbonyl (C=O) groups excluding carboxylic acids is 1. The molecule has 0 N–H and O–H groups in total. The van der Waals surface area contributed by atoms with Gasteiger partial charge in [0, 0.05) is 12.8 Å². The van der Waals surface area contributed by atoms with Crippen LogP contribution in [0.1, 0.15) is 32.1 Å². The molecule has 0 aromatic heterocycles. The minimum atomic E-state index is -0.347. The molecular formula is C10H12O2. The van der Waals surface area contributed by atoms with Gasteiger partial charge in [0.2, 0.25) is 0 Å². The summed E-state index contributed by atoms with van der Waals surface area (Å²) in [6.07, 6.45) is 8.95. The van der Waals surface area contributed by atoms with Crippen molar-refractivity contribution in [2.45, 2.75) is 43.3 Å². The molecule has 64 valence electrons. The molecule has 0 aromatic carbocycles. The van der Waals surface area contributed by atoms with Crippen LogP contribution >= 0.6 is 0 Å². The van der Waals surface area contributed by atoms with Crippen molar-refractivity contribution in [2.24, 2.45) is 0 Å². The number of hydrogen-bond acceptors (Lipinski definition) is 2. The van der Waals surface area contributed by atoms with Crippen molar-refractivity contribution in [2.75, 3.05) is 0 Å². The van der Waals surface area contributed by atoms with E-state index in [4.69, 9.17) is 4.74 Å². The second-order valence-electron chi connectivity index (χ2n) is 4.06. The van der Waals surface area contributed by atoms with E-state index in [1.54, 1.807) is 0 Å². The van der Waals surface area contributed by atoms with Crippen LogP contribution in [-0.4, -0.2) is 17.0 Å². The number of rotatable bonds is 0. The molecule has 2 unspecified atom stereocenters. The van der Waals surface area contributed by atoms with Gasteiger partial charge in [0.1, 0.15) is 5.60 Å². The average Bonchev–Trinajstić information content (AvgIpc) is 2.64. The summed E-state index contributed by atoms with van der Waals surface area (Å²) in [5.41, 5.74) is -0.367. The second-order valence-corrected chi connectivity index (χ2v) is 4.06. The van der Waals surface area contributed by atoms with E-state index >= 15 is 0 Å². The summed E-state index contributed by atoms with van der Waals surface area (Å²) in [6.45, 7) is 0. The minimum Gasteiger partial charge on any atom is -0.354 e. The predicted molar refractivity (Wildman–Crippen MR) is 43.8 cm³/mol. The number of carbonyl (C=O) groups is 1. The zero-order valence-corrected chi connectivity index (χ0v) is 7.01. The quantitative estimate of drug-likeness (QED) is 0.402. The van der Waals surface area contributed by atoms with Gasteiger partial charge in [-0.3, -0.25) is 4.79 Å². The van der Waals surface area contributed by atoms with E-state index in [2.05, 4.69) is 12.2 Å². The van der Waals surface area contributed by atoms with E-state index < -0.39 is 0 Å². The van der Waals surface area contributed by atoms with Gasteiger partial charge < -0.3 is 4.74 Å². The topological polar surface area (TPSA) is 29.6 Å². The Morgan fingerprint density at radius 3 is 3.17 bits per heavy atom. The predicted octanol–water partition coefficient (Wildman–Crippen LogP) is 1.60. The molecule has 3 aliphatic rings. The van der Waals surface area contributed by atoms with Crippen molar-refractivity contribution in [3.8, 4) is 0 Å². The molecule has 1 heterocycles. The molecular weight excluding hydrogens is 152 g/mol. The third-order valence-corrected chi connectivity index (χ3v) is 3.56. The molecule has 2 aliphatic carbocycles. The maximum absolute atomic E-state index is 11.6. The van der Waals surface area contributed by atoms with Gasteiger partial charge in [-0.05, 0) is 19.3 Å². The standard InChI is InChI=1S/C10H12O2/c11-8-4-7-9-5-2-1-3-6-10(8,9)12-9/h1,3H,2,4-7H2. The van der Waals surface area contributed by atoms with Gasteiger partial charge in [-0.1, -0.05) is 12.2 Å². The Labute approximate surface area is 71.6 Å². The van der Waals surface area contributed by atoms with Crippen molar-refractivity contribution in [3.05, 3.63) is 12.2 Å². The van der Waals surface area contributed by atoms with Crippen LogP contribution in [0.15, 0.2) is 12.2 Å². The van der Waals surface area contributed by atoms with Crippen LogP contribution in [0.4, 0.5) is 0 Å². The summed E-state index contributed by atoms with van der Waals surface area (Å²) < 4.78 is 5.68. The Bertz CT molecular complexity index is 278. The second kappa shape index (κ2) is 1.82. The van der Waals surface area contributed by atoms with Crippen LogP contribution in [0.25, 0.3) is 0 Å². The van der Waals surface area contributed by atoms with Crippen LogP contribution in [0.2, 0.25) is 0 Å². The third-order valence-electron chi connectivity index (χ3n) is 3.56. The number of epoxide rings is 1. The molecule has 12 heavy (non-hydrogen) atoms. The highest BCUT2D eigenvalue weighted by Gasteiger charge is 2.76. The van der Waals surface area contributed by atoms with E-state index in [0.717, 1.165) is 32.1 Å². The summed E-state index contributed by atoms with van der Waals surface area (Å²) >= 11 is 0. The van der Waals surface area contributed by atoms with Gasteiger partial charge in [-0.2, -0.15) is 0 Å². The van der Waals surface area contributed by atoms with E-state index in [0.29, 0.717) is 5.78 Å². The molecule has 2 fully saturated rings. The minimum absolute atomic E-state index is 0.0203. The fourth-order valence-corrected chi connectivity index (χ4v) is 2.79. The monoisotopic (exact) mass is 164 g/mol. The third kappa shape index (κ3) is 0.556.